The Bertz CT molecular complexity index is 1080. The Morgan fingerprint density at radius 3 is 2.15 bits per heavy atom. The maximum Gasteiger partial charge on any atom is 0.416 e. The van der Waals surface area contributed by atoms with Crippen LogP contribution in [0.15, 0.2) is 53.4 Å². The van der Waals surface area contributed by atoms with Crippen molar-refractivity contribution in [1.29, 1.82) is 0 Å². The summed E-state index contributed by atoms with van der Waals surface area (Å²) < 4.78 is 80.2. The number of halogens is 3. The van der Waals surface area contributed by atoms with Gasteiger partial charge in [0.2, 0.25) is 0 Å². The first-order chi connectivity index (χ1) is 15.2. The minimum absolute atomic E-state index is 0.0212. The lowest BCUT2D eigenvalue weighted by atomic mass is 10.2. The van der Waals surface area contributed by atoms with Crippen LogP contribution in [-0.4, -0.2) is 49.9 Å². The van der Waals surface area contributed by atoms with E-state index in [0.29, 0.717) is 0 Å². The second kappa shape index (κ2) is 9.20. The molecule has 1 aliphatic heterocycles. The standard InChI is InChI=1S/C21H22F3NO7S/c1-20(2)30-11-18(32-20)17(25-19(26)27)12-33(28,29)16-9-7-15(8-10-16)31-14-5-3-13(4-6-14)21(22,23)24/h3-10,17-18,25H,11-12H2,1-2H3,(H,26,27)/t17-,18-/m1/s1. The molecule has 3 rings (SSSR count). The highest BCUT2D eigenvalue weighted by Gasteiger charge is 2.40. The van der Waals surface area contributed by atoms with E-state index in [2.05, 4.69) is 5.32 Å². The summed E-state index contributed by atoms with van der Waals surface area (Å²) in [4.78, 5) is 11.1. The number of carboxylic acid groups (broad SMARTS) is 1. The molecule has 0 saturated carbocycles. The fraction of sp³-hybridized carbons (Fsp3) is 0.381. The van der Waals surface area contributed by atoms with Crippen LogP contribution in [0.25, 0.3) is 0 Å². The van der Waals surface area contributed by atoms with Crippen molar-refractivity contribution in [3.8, 4) is 11.5 Å². The van der Waals surface area contributed by atoms with Crippen LogP contribution in [0.4, 0.5) is 18.0 Å². The number of alkyl halides is 3. The van der Waals surface area contributed by atoms with E-state index >= 15 is 0 Å². The van der Waals surface area contributed by atoms with Crippen LogP contribution in [0.1, 0.15) is 19.4 Å². The minimum Gasteiger partial charge on any atom is -0.465 e. The molecule has 0 bridgehead atoms. The molecule has 0 spiro atoms. The van der Waals surface area contributed by atoms with Gasteiger partial charge in [0, 0.05) is 0 Å². The molecule has 2 aromatic carbocycles. The predicted molar refractivity (Wildman–Crippen MR) is 110 cm³/mol. The minimum atomic E-state index is -4.46. The van der Waals surface area contributed by atoms with Crippen molar-refractivity contribution in [3.63, 3.8) is 0 Å². The summed E-state index contributed by atoms with van der Waals surface area (Å²) in [5, 5.41) is 11.3. The maximum absolute atomic E-state index is 12.9. The number of hydrogen-bond donors (Lipinski definition) is 2. The molecular weight excluding hydrogens is 467 g/mol. The van der Waals surface area contributed by atoms with Crippen LogP contribution in [0.3, 0.4) is 0 Å². The highest BCUT2D eigenvalue weighted by Crippen LogP contribution is 2.32. The first kappa shape index (κ1) is 24.8. The van der Waals surface area contributed by atoms with Crippen LogP contribution in [0.2, 0.25) is 0 Å². The highest BCUT2D eigenvalue weighted by atomic mass is 32.2. The van der Waals surface area contributed by atoms with E-state index in [1.165, 1.54) is 24.3 Å². The molecule has 1 fully saturated rings. The van der Waals surface area contributed by atoms with Crippen LogP contribution in [0.5, 0.6) is 11.5 Å². The summed E-state index contributed by atoms with van der Waals surface area (Å²) in [6, 6.07) is 8.22. The van der Waals surface area contributed by atoms with Crippen molar-refractivity contribution in [2.24, 2.45) is 0 Å². The topological polar surface area (TPSA) is 111 Å². The van der Waals surface area contributed by atoms with E-state index in [4.69, 9.17) is 19.3 Å². The highest BCUT2D eigenvalue weighted by molar-refractivity contribution is 7.91. The molecule has 12 heteroatoms. The van der Waals surface area contributed by atoms with E-state index in [1.54, 1.807) is 13.8 Å². The fourth-order valence-corrected chi connectivity index (χ4v) is 4.72. The molecule has 2 N–H and O–H groups in total. The number of hydrogen-bond acceptors (Lipinski definition) is 6. The van der Waals surface area contributed by atoms with Gasteiger partial charge in [-0.1, -0.05) is 0 Å². The lowest BCUT2D eigenvalue weighted by Crippen LogP contribution is -2.48. The van der Waals surface area contributed by atoms with Gasteiger partial charge < -0.3 is 24.6 Å². The average Bonchev–Trinajstić information content (AvgIpc) is 3.07. The van der Waals surface area contributed by atoms with Gasteiger partial charge in [-0.2, -0.15) is 13.2 Å². The average molecular weight is 489 g/mol. The SMILES string of the molecule is CC1(C)OC[C@H]([C@@H](CS(=O)(=O)c2ccc(Oc3ccc(C(F)(F)F)cc3)cc2)NC(=O)O)O1. The van der Waals surface area contributed by atoms with Crippen molar-refractivity contribution in [2.45, 2.75) is 42.9 Å². The van der Waals surface area contributed by atoms with E-state index < -0.39 is 51.4 Å². The third kappa shape index (κ3) is 6.59. The van der Waals surface area contributed by atoms with E-state index in [1.807, 2.05) is 0 Å². The second-order valence-electron chi connectivity index (χ2n) is 7.80. The summed E-state index contributed by atoms with van der Waals surface area (Å²) in [7, 11) is -3.93. The Hall–Kier alpha value is -2.83. The third-order valence-corrected chi connectivity index (χ3v) is 6.58. The van der Waals surface area contributed by atoms with E-state index in [0.717, 1.165) is 24.3 Å². The molecule has 2 aromatic rings. The van der Waals surface area contributed by atoms with Gasteiger partial charge >= 0.3 is 12.3 Å². The Morgan fingerprint density at radius 2 is 1.70 bits per heavy atom. The second-order valence-corrected chi connectivity index (χ2v) is 9.83. The Balaban J connectivity index is 1.71. The number of rotatable bonds is 7. The predicted octanol–water partition coefficient (Wildman–Crippen LogP) is 4.06. The fourth-order valence-electron chi connectivity index (χ4n) is 3.21. The number of nitrogens with one attached hydrogen (secondary N) is 1. The molecule has 2 atom stereocenters. The van der Waals surface area contributed by atoms with Gasteiger partial charge in [-0.3, -0.25) is 0 Å². The molecule has 8 nitrogen and oxygen atoms in total. The van der Waals surface area contributed by atoms with Crippen LogP contribution >= 0.6 is 0 Å². The molecule has 1 saturated heterocycles. The normalized spacial score (nSPS) is 19.1. The zero-order valence-electron chi connectivity index (χ0n) is 17.6. The Labute approximate surface area is 188 Å². The number of sulfone groups is 1. The Morgan fingerprint density at radius 1 is 1.15 bits per heavy atom. The van der Waals surface area contributed by atoms with Crippen molar-refractivity contribution in [3.05, 3.63) is 54.1 Å². The molecule has 0 unspecified atom stereocenters. The summed E-state index contributed by atoms with van der Waals surface area (Å²) in [5.41, 5.74) is -0.819. The molecular formula is C21H22F3NO7S. The van der Waals surface area contributed by atoms with Gasteiger partial charge in [-0.15, -0.1) is 0 Å². The van der Waals surface area contributed by atoms with Crippen molar-refractivity contribution in [2.75, 3.05) is 12.4 Å². The van der Waals surface area contributed by atoms with Gasteiger partial charge in [-0.25, -0.2) is 13.2 Å². The van der Waals surface area contributed by atoms with Crippen molar-refractivity contribution in [1.82, 2.24) is 5.32 Å². The van der Waals surface area contributed by atoms with Gasteiger partial charge in [0.15, 0.2) is 15.6 Å². The zero-order chi connectivity index (χ0) is 24.4. The molecule has 33 heavy (non-hydrogen) atoms. The van der Waals surface area contributed by atoms with E-state index in [9.17, 15) is 26.4 Å². The largest absolute Gasteiger partial charge is 0.465 e. The summed E-state index contributed by atoms with van der Waals surface area (Å²) in [5.74, 6) is -1.18. The van der Waals surface area contributed by atoms with Gasteiger partial charge in [0.25, 0.3) is 0 Å². The molecule has 0 radical (unpaired) electrons. The Kier molecular flexibility index (Phi) is 6.91. The van der Waals surface area contributed by atoms with Crippen LogP contribution in [-0.2, 0) is 25.5 Å². The summed E-state index contributed by atoms with van der Waals surface area (Å²) in [6.07, 6.45) is -6.66. The summed E-state index contributed by atoms with van der Waals surface area (Å²) >= 11 is 0. The van der Waals surface area contributed by atoms with Crippen LogP contribution < -0.4 is 10.1 Å². The molecule has 1 aliphatic rings. The lowest BCUT2D eigenvalue weighted by molar-refractivity contribution is -0.140. The summed E-state index contributed by atoms with van der Waals surface area (Å²) in [6.45, 7) is 3.29. The van der Waals surface area contributed by atoms with Crippen LogP contribution in [0, 0.1) is 0 Å². The number of amides is 1. The number of carbonyl (C=O) groups is 1. The maximum atomic E-state index is 12.9. The van der Waals surface area contributed by atoms with Gasteiger partial charge in [-0.05, 0) is 62.4 Å². The zero-order valence-corrected chi connectivity index (χ0v) is 18.4. The third-order valence-electron chi connectivity index (χ3n) is 4.79. The molecule has 1 amide bonds. The first-order valence-corrected chi connectivity index (χ1v) is 11.4. The molecule has 180 valence electrons. The smallest absolute Gasteiger partial charge is 0.416 e. The van der Waals surface area contributed by atoms with Gasteiger partial charge in [0.1, 0.15) is 17.6 Å². The molecule has 0 aliphatic carbocycles. The monoisotopic (exact) mass is 489 g/mol. The van der Waals surface area contributed by atoms with Crippen molar-refractivity contribution >= 4 is 15.9 Å². The molecule has 0 aromatic heterocycles. The lowest BCUT2D eigenvalue weighted by Gasteiger charge is -2.24. The number of ether oxygens (including phenoxy) is 3. The number of benzene rings is 2. The first-order valence-electron chi connectivity index (χ1n) is 9.74. The van der Waals surface area contributed by atoms with Gasteiger partial charge in [0.05, 0.1) is 28.9 Å². The van der Waals surface area contributed by atoms with Crippen molar-refractivity contribution < 1.29 is 45.7 Å². The van der Waals surface area contributed by atoms with E-state index in [-0.39, 0.29) is 23.0 Å². The quantitative estimate of drug-likeness (QED) is 0.603. The molecule has 1 heterocycles.